The van der Waals surface area contributed by atoms with E-state index in [1.807, 2.05) is 20.8 Å². The molecule has 0 aromatic heterocycles. The quantitative estimate of drug-likeness (QED) is 0.733. The van der Waals surface area contributed by atoms with Crippen molar-refractivity contribution in [3.05, 3.63) is 0 Å². The normalized spacial score (nSPS) is 16.3. The van der Waals surface area contributed by atoms with E-state index in [-0.39, 0.29) is 27.7 Å². The number of amides is 1. The molecule has 0 rings (SSSR count). The number of hydrogen-bond acceptors (Lipinski definition) is 2. The molecule has 0 spiro atoms. The average Bonchev–Trinajstić information content (AvgIpc) is 2.31. The molecular weight excluding hydrogens is 272 g/mol. The summed E-state index contributed by atoms with van der Waals surface area (Å²) in [5.74, 6) is 0.137. The highest BCUT2D eigenvalue weighted by Gasteiger charge is 2.33. The molecular formula is C19H40N2O. The summed E-state index contributed by atoms with van der Waals surface area (Å²) in [6, 6.07) is 0. The highest BCUT2D eigenvalue weighted by molar-refractivity contribution is 5.81. The lowest BCUT2D eigenvalue weighted by Crippen LogP contribution is -2.46. The minimum Gasteiger partial charge on any atom is -0.355 e. The second kappa shape index (κ2) is 7.33. The van der Waals surface area contributed by atoms with Crippen LogP contribution in [-0.2, 0) is 4.79 Å². The van der Waals surface area contributed by atoms with Crippen LogP contribution in [0, 0.1) is 16.2 Å². The van der Waals surface area contributed by atoms with Crippen LogP contribution >= 0.6 is 0 Å². The minimum absolute atomic E-state index is 0.129. The molecule has 0 aliphatic rings. The van der Waals surface area contributed by atoms with Crippen molar-refractivity contribution in [2.45, 2.75) is 87.6 Å². The predicted molar refractivity (Wildman–Crippen MR) is 97.0 cm³/mol. The third kappa shape index (κ3) is 8.77. The zero-order valence-corrected chi connectivity index (χ0v) is 16.7. The van der Waals surface area contributed by atoms with Crippen molar-refractivity contribution in [2.24, 2.45) is 16.2 Å². The summed E-state index contributed by atoms with van der Waals surface area (Å²) in [6.45, 7) is 23.3. The summed E-state index contributed by atoms with van der Waals surface area (Å²) in [6.07, 6.45) is 2.15. The second-order valence-corrected chi connectivity index (χ2v) is 10.0. The number of hydrogen-bond donors (Lipinski definition) is 2. The lowest BCUT2D eigenvalue weighted by atomic mass is 9.72. The zero-order chi connectivity index (χ0) is 17.8. The van der Waals surface area contributed by atoms with E-state index in [0.717, 1.165) is 25.9 Å². The highest BCUT2D eigenvalue weighted by Crippen LogP contribution is 2.36. The van der Waals surface area contributed by atoms with Crippen molar-refractivity contribution in [2.75, 3.05) is 13.1 Å². The molecule has 0 aromatic rings. The molecule has 0 aliphatic heterocycles. The number of carbonyl (C=O) groups is 1. The van der Waals surface area contributed by atoms with Crippen LogP contribution in [0.25, 0.3) is 0 Å². The molecule has 22 heavy (non-hydrogen) atoms. The first-order valence-electron chi connectivity index (χ1n) is 8.64. The SMILES string of the molecule is CCC(C)(CNC(=O)C(C)(C)C)CC(C)(C)CNC(C)(C)C. The van der Waals surface area contributed by atoms with Crippen molar-refractivity contribution in [1.29, 1.82) is 0 Å². The summed E-state index contributed by atoms with van der Waals surface area (Å²) >= 11 is 0. The summed E-state index contributed by atoms with van der Waals surface area (Å²) in [7, 11) is 0. The molecule has 0 bridgehead atoms. The maximum atomic E-state index is 12.1. The maximum Gasteiger partial charge on any atom is 0.225 e. The fourth-order valence-electron chi connectivity index (χ4n) is 2.59. The van der Waals surface area contributed by atoms with Gasteiger partial charge in [-0.25, -0.2) is 0 Å². The van der Waals surface area contributed by atoms with Crippen LogP contribution in [0.2, 0.25) is 0 Å². The van der Waals surface area contributed by atoms with Crippen molar-refractivity contribution < 1.29 is 4.79 Å². The van der Waals surface area contributed by atoms with Crippen LogP contribution in [0.5, 0.6) is 0 Å². The van der Waals surface area contributed by atoms with Gasteiger partial charge >= 0.3 is 0 Å². The topological polar surface area (TPSA) is 41.1 Å². The van der Waals surface area contributed by atoms with Crippen LogP contribution < -0.4 is 10.6 Å². The molecule has 0 aliphatic carbocycles. The van der Waals surface area contributed by atoms with Gasteiger partial charge in [-0.3, -0.25) is 4.79 Å². The molecule has 132 valence electrons. The first kappa shape index (κ1) is 21.4. The van der Waals surface area contributed by atoms with Gasteiger partial charge in [-0.15, -0.1) is 0 Å². The van der Waals surface area contributed by atoms with E-state index in [4.69, 9.17) is 0 Å². The fraction of sp³-hybridized carbons (Fsp3) is 0.947. The molecule has 0 heterocycles. The second-order valence-electron chi connectivity index (χ2n) is 10.0. The Morgan fingerprint density at radius 2 is 1.36 bits per heavy atom. The lowest BCUT2D eigenvalue weighted by molar-refractivity contribution is -0.129. The fourth-order valence-corrected chi connectivity index (χ4v) is 2.59. The van der Waals surface area contributed by atoms with Crippen molar-refractivity contribution >= 4 is 5.91 Å². The predicted octanol–water partition coefficient (Wildman–Crippen LogP) is 4.37. The van der Waals surface area contributed by atoms with Gasteiger partial charge in [0.05, 0.1) is 0 Å². The molecule has 0 fully saturated rings. The van der Waals surface area contributed by atoms with Gasteiger partial charge in [-0.2, -0.15) is 0 Å². The summed E-state index contributed by atoms with van der Waals surface area (Å²) in [5, 5.41) is 6.76. The first-order valence-corrected chi connectivity index (χ1v) is 8.64. The van der Waals surface area contributed by atoms with Crippen molar-refractivity contribution in [3.63, 3.8) is 0 Å². The molecule has 3 nitrogen and oxygen atoms in total. The maximum absolute atomic E-state index is 12.1. The van der Waals surface area contributed by atoms with Gasteiger partial charge in [0.15, 0.2) is 0 Å². The van der Waals surface area contributed by atoms with Gasteiger partial charge in [0.2, 0.25) is 5.91 Å². The van der Waals surface area contributed by atoms with E-state index >= 15 is 0 Å². The Morgan fingerprint density at radius 3 is 1.73 bits per heavy atom. The van der Waals surface area contributed by atoms with E-state index in [0.29, 0.717) is 0 Å². The molecule has 3 heteroatoms. The molecule has 0 aromatic carbocycles. The van der Waals surface area contributed by atoms with Crippen LogP contribution in [0.4, 0.5) is 0 Å². The Morgan fingerprint density at radius 1 is 0.864 bits per heavy atom. The Hall–Kier alpha value is -0.570. The van der Waals surface area contributed by atoms with Gasteiger partial charge < -0.3 is 10.6 Å². The Bertz CT molecular complexity index is 361. The third-order valence-electron chi connectivity index (χ3n) is 4.21. The van der Waals surface area contributed by atoms with Gasteiger partial charge in [-0.05, 0) is 44.4 Å². The van der Waals surface area contributed by atoms with Crippen LogP contribution in [0.1, 0.15) is 82.1 Å². The van der Waals surface area contributed by atoms with E-state index in [9.17, 15) is 4.79 Å². The highest BCUT2D eigenvalue weighted by atomic mass is 16.2. The smallest absolute Gasteiger partial charge is 0.225 e. The molecule has 0 saturated carbocycles. The van der Waals surface area contributed by atoms with E-state index in [1.165, 1.54) is 0 Å². The van der Waals surface area contributed by atoms with E-state index in [2.05, 4.69) is 59.1 Å². The molecule has 1 atom stereocenters. The van der Waals surface area contributed by atoms with Crippen molar-refractivity contribution in [1.82, 2.24) is 10.6 Å². The summed E-state index contributed by atoms with van der Waals surface area (Å²) in [5.41, 5.74) is 0.146. The summed E-state index contributed by atoms with van der Waals surface area (Å²) in [4.78, 5) is 12.1. The Labute approximate surface area is 139 Å². The Balaban J connectivity index is 4.69. The van der Waals surface area contributed by atoms with E-state index < -0.39 is 0 Å². The molecule has 0 saturated heterocycles. The van der Waals surface area contributed by atoms with Crippen LogP contribution in [-0.4, -0.2) is 24.5 Å². The minimum atomic E-state index is -0.321. The van der Waals surface area contributed by atoms with Crippen LogP contribution in [0.3, 0.4) is 0 Å². The van der Waals surface area contributed by atoms with E-state index in [1.54, 1.807) is 0 Å². The number of nitrogens with one attached hydrogen (secondary N) is 2. The average molecular weight is 313 g/mol. The largest absolute Gasteiger partial charge is 0.355 e. The van der Waals surface area contributed by atoms with Gasteiger partial charge in [0, 0.05) is 24.0 Å². The van der Waals surface area contributed by atoms with Gasteiger partial charge in [0.1, 0.15) is 0 Å². The van der Waals surface area contributed by atoms with Crippen molar-refractivity contribution in [3.8, 4) is 0 Å². The monoisotopic (exact) mass is 312 g/mol. The number of carbonyl (C=O) groups excluding carboxylic acids is 1. The van der Waals surface area contributed by atoms with Gasteiger partial charge in [0.25, 0.3) is 0 Å². The summed E-state index contributed by atoms with van der Waals surface area (Å²) < 4.78 is 0. The third-order valence-corrected chi connectivity index (χ3v) is 4.21. The molecule has 0 radical (unpaired) electrons. The molecule has 2 N–H and O–H groups in total. The first-order chi connectivity index (χ1) is 9.60. The zero-order valence-electron chi connectivity index (χ0n) is 16.7. The van der Waals surface area contributed by atoms with Gasteiger partial charge in [-0.1, -0.05) is 48.5 Å². The molecule has 1 amide bonds. The lowest BCUT2D eigenvalue weighted by Gasteiger charge is -2.39. The van der Waals surface area contributed by atoms with Crippen LogP contribution in [0.15, 0.2) is 0 Å². The number of rotatable bonds is 7. The molecule has 1 unspecified atom stereocenters. The standard InChI is InChI=1S/C19H40N2O/c1-11-19(10,14-20-15(22)16(2,3)4)12-18(8,9)13-21-17(5,6)7/h21H,11-14H2,1-10H3,(H,20,22). The Kier molecular flexibility index (Phi) is 7.14.